The van der Waals surface area contributed by atoms with Crippen molar-refractivity contribution < 1.29 is 22.7 Å². The SMILES string of the molecule is COCc1nc(-c2ccccc2)nc(N2CCN(C(=O)NC(C)C)CC2)c1Cc1cccc(C(F)(F)F)c1. The summed E-state index contributed by atoms with van der Waals surface area (Å²) in [5.74, 6) is 1.16. The summed E-state index contributed by atoms with van der Waals surface area (Å²) in [7, 11) is 1.56. The summed E-state index contributed by atoms with van der Waals surface area (Å²) < 4.78 is 45.7. The Hall–Kier alpha value is -3.66. The zero-order chi connectivity index (χ0) is 27.3. The maximum absolute atomic E-state index is 13.4. The summed E-state index contributed by atoms with van der Waals surface area (Å²) in [5.41, 5.74) is 1.97. The van der Waals surface area contributed by atoms with E-state index >= 15 is 0 Å². The molecule has 3 aromatic rings. The molecule has 2 aromatic carbocycles. The van der Waals surface area contributed by atoms with Crippen molar-refractivity contribution in [2.24, 2.45) is 0 Å². The number of hydrogen-bond acceptors (Lipinski definition) is 5. The Morgan fingerprint density at radius 1 is 1.03 bits per heavy atom. The van der Waals surface area contributed by atoms with Gasteiger partial charge in [-0.3, -0.25) is 0 Å². The Morgan fingerprint density at radius 3 is 2.37 bits per heavy atom. The first-order valence-corrected chi connectivity index (χ1v) is 12.6. The number of benzene rings is 2. The molecule has 0 spiro atoms. The molecule has 10 heteroatoms. The molecule has 2 heterocycles. The van der Waals surface area contributed by atoms with Gasteiger partial charge in [0.15, 0.2) is 5.82 Å². The van der Waals surface area contributed by atoms with E-state index in [4.69, 9.17) is 14.7 Å². The molecule has 1 fully saturated rings. The van der Waals surface area contributed by atoms with Gasteiger partial charge in [0.25, 0.3) is 0 Å². The Bertz CT molecular complexity index is 1240. The second-order valence-electron chi connectivity index (χ2n) is 9.55. The molecule has 1 N–H and O–H groups in total. The average molecular weight is 528 g/mol. The average Bonchev–Trinajstić information content (AvgIpc) is 2.89. The standard InChI is InChI=1S/C28H32F3N5O2/c1-19(2)32-27(37)36-14-12-35(13-15-36)26-23(17-20-8-7-11-22(16-20)28(29,30)31)24(18-38-3)33-25(34-26)21-9-5-4-6-10-21/h4-11,16,19H,12-15,17-18H2,1-3H3,(H,32,37). The van der Waals surface area contributed by atoms with Crippen LogP contribution in [0.1, 0.15) is 36.2 Å². The van der Waals surface area contributed by atoms with Gasteiger partial charge in [-0.1, -0.05) is 48.5 Å². The van der Waals surface area contributed by atoms with Gasteiger partial charge < -0.3 is 19.9 Å². The van der Waals surface area contributed by atoms with Crippen LogP contribution in [0.25, 0.3) is 11.4 Å². The molecule has 0 aliphatic carbocycles. The number of halogens is 3. The highest BCUT2D eigenvalue weighted by atomic mass is 19.4. The number of hydrogen-bond donors (Lipinski definition) is 1. The molecule has 7 nitrogen and oxygen atoms in total. The lowest BCUT2D eigenvalue weighted by atomic mass is 10.0. The molecule has 1 aliphatic rings. The van der Waals surface area contributed by atoms with Crippen molar-refractivity contribution in [1.82, 2.24) is 20.2 Å². The van der Waals surface area contributed by atoms with Crippen LogP contribution in [0.15, 0.2) is 54.6 Å². The van der Waals surface area contributed by atoms with Crippen LogP contribution in [0.5, 0.6) is 0 Å². The van der Waals surface area contributed by atoms with Crippen molar-refractivity contribution in [1.29, 1.82) is 0 Å². The van der Waals surface area contributed by atoms with Crippen LogP contribution >= 0.6 is 0 Å². The van der Waals surface area contributed by atoms with Crippen molar-refractivity contribution >= 4 is 11.8 Å². The van der Waals surface area contributed by atoms with Crippen LogP contribution in [0.2, 0.25) is 0 Å². The molecule has 0 saturated carbocycles. The van der Waals surface area contributed by atoms with E-state index in [-0.39, 0.29) is 25.1 Å². The van der Waals surface area contributed by atoms with Gasteiger partial charge in [0, 0.05) is 56.9 Å². The molecule has 1 aliphatic heterocycles. The Morgan fingerprint density at radius 2 is 1.74 bits per heavy atom. The van der Waals surface area contributed by atoms with Gasteiger partial charge in [0.2, 0.25) is 0 Å². The third-order valence-corrected chi connectivity index (χ3v) is 6.30. The topological polar surface area (TPSA) is 70.6 Å². The first kappa shape index (κ1) is 27.4. The fraction of sp³-hybridized carbons (Fsp3) is 0.393. The third-order valence-electron chi connectivity index (χ3n) is 6.30. The number of piperazine rings is 1. The van der Waals surface area contributed by atoms with Crippen LogP contribution in [-0.4, -0.2) is 60.2 Å². The van der Waals surface area contributed by atoms with Gasteiger partial charge in [-0.2, -0.15) is 13.2 Å². The monoisotopic (exact) mass is 527 g/mol. The van der Waals surface area contributed by atoms with Crippen molar-refractivity contribution in [3.63, 3.8) is 0 Å². The number of ether oxygens (including phenoxy) is 1. The summed E-state index contributed by atoms with van der Waals surface area (Å²) in [6, 6.07) is 14.8. The molecule has 0 radical (unpaired) electrons. The van der Waals surface area contributed by atoms with Crippen LogP contribution in [0.4, 0.5) is 23.8 Å². The van der Waals surface area contributed by atoms with E-state index in [9.17, 15) is 18.0 Å². The summed E-state index contributed by atoms with van der Waals surface area (Å²) in [4.78, 5) is 26.0. The molecular formula is C28H32F3N5O2. The lowest BCUT2D eigenvalue weighted by Crippen LogP contribution is -2.53. The number of amides is 2. The van der Waals surface area contributed by atoms with Gasteiger partial charge in [-0.05, 0) is 25.5 Å². The van der Waals surface area contributed by atoms with Crippen molar-refractivity contribution in [3.05, 3.63) is 77.0 Å². The number of carbonyl (C=O) groups is 1. The fourth-order valence-electron chi connectivity index (χ4n) is 4.45. The zero-order valence-corrected chi connectivity index (χ0v) is 21.8. The van der Waals surface area contributed by atoms with Crippen molar-refractivity contribution in [2.75, 3.05) is 38.2 Å². The smallest absolute Gasteiger partial charge is 0.378 e. The predicted molar refractivity (Wildman–Crippen MR) is 140 cm³/mol. The van der Waals surface area contributed by atoms with E-state index in [2.05, 4.69) is 10.2 Å². The second kappa shape index (κ2) is 11.8. The Balaban J connectivity index is 1.73. The maximum atomic E-state index is 13.4. The molecule has 202 valence electrons. The number of aromatic nitrogens is 2. The molecule has 1 saturated heterocycles. The van der Waals surface area contributed by atoms with E-state index in [1.54, 1.807) is 18.1 Å². The zero-order valence-electron chi connectivity index (χ0n) is 21.8. The third kappa shape index (κ3) is 6.61. The van der Waals surface area contributed by atoms with E-state index in [0.29, 0.717) is 54.6 Å². The van der Waals surface area contributed by atoms with E-state index in [1.165, 1.54) is 12.1 Å². The molecule has 4 rings (SSSR count). The van der Waals surface area contributed by atoms with Gasteiger partial charge in [-0.15, -0.1) is 0 Å². The molecule has 0 atom stereocenters. The van der Waals surface area contributed by atoms with E-state index < -0.39 is 11.7 Å². The lowest BCUT2D eigenvalue weighted by Gasteiger charge is -2.37. The number of urea groups is 1. The highest BCUT2D eigenvalue weighted by Gasteiger charge is 2.31. The first-order chi connectivity index (χ1) is 18.2. The first-order valence-electron chi connectivity index (χ1n) is 12.6. The number of methoxy groups -OCH3 is 1. The van der Waals surface area contributed by atoms with Gasteiger partial charge in [0.05, 0.1) is 17.9 Å². The predicted octanol–water partition coefficient (Wildman–Crippen LogP) is 5.14. The largest absolute Gasteiger partial charge is 0.416 e. The minimum Gasteiger partial charge on any atom is -0.378 e. The normalized spacial score (nSPS) is 14.2. The number of rotatable bonds is 7. The quantitative estimate of drug-likeness (QED) is 0.461. The summed E-state index contributed by atoms with van der Waals surface area (Å²) in [6.45, 7) is 6.05. The number of carbonyl (C=O) groups excluding carboxylic acids is 1. The molecule has 0 bridgehead atoms. The highest BCUT2D eigenvalue weighted by Crippen LogP contribution is 2.32. The molecule has 0 unspecified atom stereocenters. The summed E-state index contributed by atoms with van der Waals surface area (Å²) >= 11 is 0. The number of nitrogens with zero attached hydrogens (tertiary/aromatic N) is 4. The summed E-state index contributed by atoms with van der Waals surface area (Å²) in [5, 5.41) is 2.92. The lowest BCUT2D eigenvalue weighted by molar-refractivity contribution is -0.137. The van der Waals surface area contributed by atoms with Crippen LogP contribution in [0, 0.1) is 0 Å². The minimum atomic E-state index is -4.44. The van der Waals surface area contributed by atoms with Crippen LogP contribution in [0.3, 0.4) is 0 Å². The Kier molecular flexibility index (Phi) is 8.51. The van der Waals surface area contributed by atoms with Gasteiger partial charge >= 0.3 is 12.2 Å². The molecule has 38 heavy (non-hydrogen) atoms. The second-order valence-corrected chi connectivity index (χ2v) is 9.55. The van der Waals surface area contributed by atoms with Crippen LogP contribution in [-0.2, 0) is 23.9 Å². The van der Waals surface area contributed by atoms with Gasteiger partial charge in [0.1, 0.15) is 5.82 Å². The number of nitrogens with one attached hydrogen (secondary N) is 1. The van der Waals surface area contributed by atoms with E-state index in [0.717, 1.165) is 11.6 Å². The van der Waals surface area contributed by atoms with Crippen LogP contribution < -0.4 is 10.2 Å². The summed E-state index contributed by atoms with van der Waals surface area (Å²) in [6.07, 6.45) is -4.23. The van der Waals surface area contributed by atoms with Gasteiger partial charge in [-0.25, -0.2) is 14.8 Å². The Labute approximate surface area is 220 Å². The maximum Gasteiger partial charge on any atom is 0.416 e. The number of anilines is 1. The minimum absolute atomic E-state index is 0.0338. The van der Waals surface area contributed by atoms with E-state index in [1.807, 2.05) is 44.2 Å². The van der Waals surface area contributed by atoms with Crippen molar-refractivity contribution in [3.8, 4) is 11.4 Å². The molecular weight excluding hydrogens is 495 g/mol. The number of alkyl halides is 3. The fourth-order valence-corrected chi connectivity index (χ4v) is 4.45. The highest BCUT2D eigenvalue weighted by molar-refractivity contribution is 5.75. The molecule has 2 amide bonds. The molecule has 1 aromatic heterocycles. The van der Waals surface area contributed by atoms with Crippen molar-refractivity contribution in [2.45, 2.75) is 39.1 Å².